The molecule has 0 saturated carbocycles. The van der Waals surface area contributed by atoms with Crippen molar-refractivity contribution in [2.24, 2.45) is 0 Å². The first-order valence-corrected chi connectivity index (χ1v) is 9.70. The number of carbonyl (C=O) groups is 2. The number of carbonyl (C=O) groups excluding carboxylic acids is 2. The molecule has 1 heterocycles. The second kappa shape index (κ2) is 9.79. The average molecular weight is 414 g/mol. The lowest BCUT2D eigenvalue weighted by molar-refractivity contribution is -0.124. The first-order chi connectivity index (χ1) is 14.0. The van der Waals surface area contributed by atoms with Gasteiger partial charge in [-0.1, -0.05) is 12.1 Å². The van der Waals surface area contributed by atoms with E-state index in [4.69, 9.17) is 9.47 Å². The van der Waals surface area contributed by atoms with Gasteiger partial charge in [0.05, 0.1) is 16.3 Å². The predicted molar refractivity (Wildman–Crippen MR) is 106 cm³/mol. The van der Waals surface area contributed by atoms with E-state index < -0.39 is 18.5 Å². The SMILES string of the molecule is Cc1nc(COc2ccc(C(=O)OCC(=O)NCc3ccc(F)cc3)cc2)cs1. The highest BCUT2D eigenvalue weighted by atomic mass is 32.1. The molecule has 0 atom stereocenters. The first-order valence-electron chi connectivity index (χ1n) is 8.82. The van der Waals surface area contributed by atoms with E-state index in [9.17, 15) is 14.0 Å². The van der Waals surface area contributed by atoms with Gasteiger partial charge in [0.15, 0.2) is 6.61 Å². The minimum absolute atomic E-state index is 0.223. The molecule has 0 fully saturated rings. The first kappa shape index (κ1) is 20.5. The number of halogens is 1. The summed E-state index contributed by atoms with van der Waals surface area (Å²) in [5.41, 5.74) is 1.91. The number of ether oxygens (including phenoxy) is 2. The van der Waals surface area contributed by atoms with Gasteiger partial charge in [-0.25, -0.2) is 14.2 Å². The quantitative estimate of drug-likeness (QED) is 0.570. The Kier molecular flexibility index (Phi) is 6.91. The molecule has 0 bridgehead atoms. The molecule has 2 aromatic carbocycles. The number of nitrogens with zero attached hydrogens (tertiary/aromatic N) is 1. The number of hydrogen-bond acceptors (Lipinski definition) is 6. The van der Waals surface area contributed by atoms with Crippen molar-refractivity contribution in [3.05, 3.63) is 81.6 Å². The molecule has 0 aliphatic rings. The highest BCUT2D eigenvalue weighted by molar-refractivity contribution is 7.09. The smallest absolute Gasteiger partial charge is 0.338 e. The number of rotatable bonds is 8. The van der Waals surface area contributed by atoms with E-state index >= 15 is 0 Å². The Morgan fingerprint density at radius 1 is 1.10 bits per heavy atom. The standard InChI is InChI=1S/C21H19FN2O4S/c1-14-24-18(13-29-14)11-27-19-8-4-16(5-9-19)21(26)28-12-20(25)23-10-15-2-6-17(22)7-3-15/h2-9,13H,10-12H2,1H3,(H,23,25). The molecule has 0 radical (unpaired) electrons. The summed E-state index contributed by atoms with van der Waals surface area (Å²) < 4.78 is 23.5. The predicted octanol–water partition coefficient (Wildman–Crippen LogP) is 3.64. The molecule has 1 aromatic heterocycles. The fraction of sp³-hybridized carbons (Fsp3) is 0.190. The molecular formula is C21H19FN2O4S. The van der Waals surface area contributed by atoms with E-state index in [0.717, 1.165) is 16.3 Å². The van der Waals surface area contributed by atoms with Gasteiger partial charge in [-0.2, -0.15) is 0 Å². The number of benzene rings is 2. The molecule has 1 N–H and O–H groups in total. The van der Waals surface area contributed by atoms with Crippen molar-refractivity contribution < 1.29 is 23.5 Å². The van der Waals surface area contributed by atoms with Crippen LogP contribution in [0.4, 0.5) is 4.39 Å². The average Bonchev–Trinajstić information content (AvgIpc) is 3.15. The molecule has 3 rings (SSSR count). The summed E-state index contributed by atoms with van der Waals surface area (Å²) >= 11 is 1.56. The molecular weight excluding hydrogens is 395 g/mol. The van der Waals surface area contributed by atoms with E-state index in [-0.39, 0.29) is 12.4 Å². The number of nitrogens with one attached hydrogen (secondary N) is 1. The molecule has 29 heavy (non-hydrogen) atoms. The summed E-state index contributed by atoms with van der Waals surface area (Å²) in [6.45, 7) is 2.10. The van der Waals surface area contributed by atoms with Crippen LogP contribution in [0.2, 0.25) is 0 Å². The minimum Gasteiger partial charge on any atom is -0.487 e. The maximum atomic E-state index is 12.8. The van der Waals surface area contributed by atoms with Gasteiger partial charge in [-0.3, -0.25) is 4.79 Å². The molecule has 6 nitrogen and oxygen atoms in total. The van der Waals surface area contributed by atoms with Gasteiger partial charge >= 0.3 is 5.97 Å². The fourth-order valence-electron chi connectivity index (χ4n) is 2.39. The van der Waals surface area contributed by atoms with Crippen molar-refractivity contribution in [1.82, 2.24) is 10.3 Å². The van der Waals surface area contributed by atoms with Crippen molar-refractivity contribution in [2.45, 2.75) is 20.1 Å². The van der Waals surface area contributed by atoms with Crippen LogP contribution in [0.1, 0.15) is 26.6 Å². The van der Waals surface area contributed by atoms with Crippen LogP contribution in [0.3, 0.4) is 0 Å². The van der Waals surface area contributed by atoms with Crippen LogP contribution in [-0.4, -0.2) is 23.5 Å². The van der Waals surface area contributed by atoms with Crippen molar-refractivity contribution in [3.63, 3.8) is 0 Å². The second-order valence-electron chi connectivity index (χ2n) is 6.15. The Labute approximate surface area is 171 Å². The van der Waals surface area contributed by atoms with Gasteiger partial charge < -0.3 is 14.8 Å². The van der Waals surface area contributed by atoms with Crippen LogP contribution in [-0.2, 0) is 22.7 Å². The highest BCUT2D eigenvalue weighted by Crippen LogP contribution is 2.16. The topological polar surface area (TPSA) is 77.5 Å². The van der Waals surface area contributed by atoms with Gasteiger partial charge in [0, 0.05) is 11.9 Å². The summed E-state index contributed by atoms with van der Waals surface area (Å²) in [6.07, 6.45) is 0. The zero-order valence-corrected chi connectivity index (χ0v) is 16.5. The van der Waals surface area contributed by atoms with Gasteiger partial charge in [-0.05, 0) is 48.9 Å². The third-order valence-electron chi connectivity index (χ3n) is 3.88. The molecule has 0 unspecified atom stereocenters. The number of amides is 1. The Morgan fingerprint density at radius 2 is 1.83 bits per heavy atom. The van der Waals surface area contributed by atoms with Crippen LogP contribution in [0.25, 0.3) is 0 Å². The van der Waals surface area contributed by atoms with Gasteiger partial charge in [0.2, 0.25) is 0 Å². The maximum Gasteiger partial charge on any atom is 0.338 e. The molecule has 1 amide bonds. The zero-order valence-electron chi connectivity index (χ0n) is 15.7. The van der Waals surface area contributed by atoms with E-state index in [2.05, 4.69) is 10.3 Å². The third-order valence-corrected chi connectivity index (χ3v) is 4.70. The maximum absolute atomic E-state index is 12.8. The van der Waals surface area contributed by atoms with Gasteiger partial charge in [-0.15, -0.1) is 11.3 Å². The molecule has 3 aromatic rings. The van der Waals surface area contributed by atoms with E-state index in [1.54, 1.807) is 47.7 Å². The molecule has 0 saturated heterocycles. The monoisotopic (exact) mass is 414 g/mol. The fourth-order valence-corrected chi connectivity index (χ4v) is 2.98. The van der Waals surface area contributed by atoms with E-state index in [1.165, 1.54) is 12.1 Å². The Morgan fingerprint density at radius 3 is 2.48 bits per heavy atom. The Hall–Kier alpha value is -3.26. The largest absolute Gasteiger partial charge is 0.487 e. The molecule has 8 heteroatoms. The number of aromatic nitrogens is 1. The molecule has 150 valence electrons. The van der Waals surface area contributed by atoms with Crippen molar-refractivity contribution in [1.29, 1.82) is 0 Å². The van der Waals surface area contributed by atoms with E-state index in [0.29, 0.717) is 17.9 Å². The summed E-state index contributed by atoms with van der Waals surface area (Å²) in [6, 6.07) is 12.2. The minimum atomic E-state index is -0.608. The number of esters is 1. The zero-order chi connectivity index (χ0) is 20.6. The lowest BCUT2D eigenvalue weighted by atomic mass is 10.2. The molecule has 0 aliphatic carbocycles. The van der Waals surface area contributed by atoms with Crippen molar-refractivity contribution in [3.8, 4) is 5.75 Å². The van der Waals surface area contributed by atoms with Crippen LogP contribution in [0, 0.1) is 12.7 Å². The van der Waals surface area contributed by atoms with Crippen LogP contribution < -0.4 is 10.1 Å². The molecule has 0 aliphatic heterocycles. The Balaban J connectivity index is 1.41. The summed E-state index contributed by atoms with van der Waals surface area (Å²) in [4.78, 5) is 28.2. The van der Waals surface area contributed by atoms with Crippen molar-refractivity contribution in [2.75, 3.05) is 6.61 Å². The Bertz CT molecular complexity index is 971. The van der Waals surface area contributed by atoms with Crippen LogP contribution in [0.5, 0.6) is 5.75 Å². The normalized spacial score (nSPS) is 10.4. The summed E-state index contributed by atoms with van der Waals surface area (Å²) in [7, 11) is 0. The number of thiazole rings is 1. The molecule has 0 spiro atoms. The van der Waals surface area contributed by atoms with Crippen molar-refractivity contribution >= 4 is 23.2 Å². The lowest BCUT2D eigenvalue weighted by Crippen LogP contribution is -2.28. The van der Waals surface area contributed by atoms with Crippen LogP contribution >= 0.6 is 11.3 Å². The van der Waals surface area contributed by atoms with Gasteiger partial charge in [0.1, 0.15) is 18.2 Å². The second-order valence-corrected chi connectivity index (χ2v) is 7.21. The summed E-state index contributed by atoms with van der Waals surface area (Å²) in [5.74, 6) is -0.794. The highest BCUT2D eigenvalue weighted by Gasteiger charge is 2.10. The third kappa shape index (κ3) is 6.39. The lowest BCUT2D eigenvalue weighted by Gasteiger charge is -2.08. The van der Waals surface area contributed by atoms with Crippen LogP contribution in [0.15, 0.2) is 53.9 Å². The van der Waals surface area contributed by atoms with Gasteiger partial charge in [0.25, 0.3) is 5.91 Å². The number of hydrogen-bond donors (Lipinski definition) is 1. The summed E-state index contributed by atoms with van der Waals surface area (Å²) in [5, 5.41) is 5.51. The van der Waals surface area contributed by atoms with E-state index in [1.807, 2.05) is 12.3 Å². The number of aryl methyl sites for hydroxylation is 1.